The summed E-state index contributed by atoms with van der Waals surface area (Å²) in [5.41, 5.74) is 2.90. The summed E-state index contributed by atoms with van der Waals surface area (Å²) in [5.74, 6) is -1.34. The molecule has 2 aliphatic rings. The van der Waals surface area contributed by atoms with Crippen LogP contribution >= 0.6 is 0 Å². The van der Waals surface area contributed by atoms with Gasteiger partial charge in [0.25, 0.3) is 0 Å². The fraction of sp³-hybridized carbons (Fsp3) is 0.424. The lowest BCUT2D eigenvalue weighted by molar-refractivity contribution is -0.163. The normalized spacial score (nSPS) is 22.8. The van der Waals surface area contributed by atoms with Crippen molar-refractivity contribution in [2.24, 2.45) is 5.92 Å². The number of unbranched alkanes of at least 4 members (excludes halogenated alkanes) is 2. The van der Waals surface area contributed by atoms with E-state index in [-0.39, 0.29) is 29.7 Å². The first kappa shape index (κ1) is 27.5. The highest BCUT2D eigenvalue weighted by Crippen LogP contribution is 2.43. The van der Waals surface area contributed by atoms with Gasteiger partial charge in [0.15, 0.2) is 0 Å². The molecule has 0 saturated carbocycles. The van der Waals surface area contributed by atoms with Gasteiger partial charge < -0.3 is 9.47 Å². The number of nitrogens with zero attached hydrogens (tertiary/aromatic N) is 1. The SMILES string of the molecule is COC(=O)[C@@H]1[C@@H](OC(c2ccc(F)cc2)c2ccc(F)cc2)C[C@H]2CC[C@@H]1N2CCCCCc1ccccc1. The Morgan fingerprint density at radius 2 is 1.51 bits per heavy atom. The molecule has 5 rings (SSSR count). The first-order chi connectivity index (χ1) is 19.0. The van der Waals surface area contributed by atoms with E-state index >= 15 is 0 Å². The van der Waals surface area contributed by atoms with Crippen molar-refractivity contribution in [2.45, 2.75) is 69.2 Å². The third-order valence-electron chi connectivity index (χ3n) is 8.36. The maximum Gasteiger partial charge on any atom is 0.312 e. The molecule has 0 radical (unpaired) electrons. The minimum absolute atomic E-state index is 0.0670. The number of hydrogen-bond donors (Lipinski definition) is 0. The van der Waals surface area contributed by atoms with E-state index in [0.29, 0.717) is 6.04 Å². The van der Waals surface area contributed by atoms with Crippen LogP contribution in [0.3, 0.4) is 0 Å². The summed E-state index contributed by atoms with van der Waals surface area (Å²) in [6, 6.07) is 23.3. The number of methoxy groups -OCH3 is 1. The van der Waals surface area contributed by atoms with E-state index in [1.807, 2.05) is 6.07 Å². The molecule has 0 aliphatic carbocycles. The largest absolute Gasteiger partial charge is 0.469 e. The zero-order valence-corrected chi connectivity index (χ0v) is 22.5. The number of hydrogen-bond acceptors (Lipinski definition) is 4. The maximum absolute atomic E-state index is 13.7. The lowest BCUT2D eigenvalue weighted by atomic mass is 9.86. The zero-order chi connectivity index (χ0) is 27.2. The molecule has 4 atom stereocenters. The van der Waals surface area contributed by atoms with Gasteiger partial charge in [0.2, 0.25) is 0 Å². The predicted molar refractivity (Wildman–Crippen MR) is 147 cm³/mol. The molecule has 206 valence electrons. The van der Waals surface area contributed by atoms with Gasteiger partial charge in [0, 0.05) is 12.1 Å². The lowest BCUT2D eigenvalue weighted by Gasteiger charge is -2.44. The Morgan fingerprint density at radius 1 is 0.872 bits per heavy atom. The van der Waals surface area contributed by atoms with Gasteiger partial charge in [-0.2, -0.15) is 0 Å². The molecule has 3 aromatic carbocycles. The summed E-state index contributed by atoms with van der Waals surface area (Å²) in [6.45, 7) is 0.962. The molecule has 4 nitrogen and oxygen atoms in total. The Bertz CT molecular complexity index is 1160. The number of aryl methyl sites for hydroxylation is 1. The monoisotopic (exact) mass is 533 g/mol. The minimum atomic E-state index is -0.549. The summed E-state index contributed by atoms with van der Waals surface area (Å²) in [6.07, 6.45) is 6.25. The van der Waals surface area contributed by atoms with Crippen molar-refractivity contribution in [1.82, 2.24) is 4.90 Å². The van der Waals surface area contributed by atoms with Crippen molar-refractivity contribution in [3.05, 3.63) is 107 Å². The van der Waals surface area contributed by atoms with Crippen molar-refractivity contribution in [3.8, 4) is 0 Å². The van der Waals surface area contributed by atoms with Gasteiger partial charge in [-0.25, -0.2) is 8.78 Å². The number of halogens is 2. The Hall–Kier alpha value is -3.09. The van der Waals surface area contributed by atoms with E-state index in [0.717, 1.165) is 62.6 Å². The third kappa shape index (κ3) is 6.56. The Labute approximate surface area is 229 Å². The number of esters is 1. The molecule has 0 unspecified atom stereocenters. The number of ether oxygens (including phenoxy) is 2. The zero-order valence-electron chi connectivity index (χ0n) is 22.5. The molecule has 2 saturated heterocycles. The fourth-order valence-electron chi connectivity index (χ4n) is 6.45. The van der Waals surface area contributed by atoms with Gasteiger partial charge >= 0.3 is 5.97 Å². The van der Waals surface area contributed by atoms with E-state index in [2.05, 4.69) is 29.2 Å². The number of piperidine rings is 1. The second-order valence-corrected chi connectivity index (χ2v) is 10.8. The highest BCUT2D eigenvalue weighted by atomic mass is 19.1. The number of carbonyl (C=O) groups is 1. The van der Waals surface area contributed by atoms with Gasteiger partial charge in [-0.05, 0) is 86.0 Å². The van der Waals surface area contributed by atoms with Crippen LogP contribution in [0.2, 0.25) is 0 Å². The number of fused-ring (bicyclic) bond motifs is 2. The van der Waals surface area contributed by atoms with Crippen molar-refractivity contribution in [1.29, 1.82) is 0 Å². The average molecular weight is 534 g/mol. The van der Waals surface area contributed by atoms with Crippen LogP contribution in [0.4, 0.5) is 8.78 Å². The number of carbonyl (C=O) groups excluding carboxylic acids is 1. The molecule has 0 aromatic heterocycles. The topological polar surface area (TPSA) is 38.8 Å². The summed E-state index contributed by atoms with van der Waals surface area (Å²) in [5, 5.41) is 0. The summed E-state index contributed by atoms with van der Waals surface area (Å²) < 4.78 is 39.4. The van der Waals surface area contributed by atoms with Crippen LogP contribution in [-0.4, -0.2) is 42.7 Å². The maximum atomic E-state index is 13.7. The molecular weight excluding hydrogens is 496 g/mol. The molecule has 2 heterocycles. The van der Waals surface area contributed by atoms with Crippen molar-refractivity contribution in [3.63, 3.8) is 0 Å². The van der Waals surface area contributed by atoms with Crippen molar-refractivity contribution in [2.75, 3.05) is 13.7 Å². The van der Waals surface area contributed by atoms with Crippen LogP contribution in [0, 0.1) is 17.6 Å². The highest BCUT2D eigenvalue weighted by molar-refractivity contribution is 5.74. The third-order valence-corrected chi connectivity index (χ3v) is 8.36. The summed E-state index contributed by atoms with van der Waals surface area (Å²) >= 11 is 0. The van der Waals surface area contributed by atoms with Gasteiger partial charge in [-0.3, -0.25) is 9.69 Å². The number of rotatable bonds is 11. The molecule has 0 N–H and O–H groups in total. The van der Waals surface area contributed by atoms with E-state index in [9.17, 15) is 13.6 Å². The highest BCUT2D eigenvalue weighted by Gasteiger charge is 2.51. The minimum Gasteiger partial charge on any atom is -0.469 e. The summed E-state index contributed by atoms with van der Waals surface area (Å²) in [4.78, 5) is 15.7. The van der Waals surface area contributed by atoms with E-state index < -0.39 is 12.0 Å². The first-order valence-corrected chi connectivity index (χ1v) is 14.1. The van der Waals surface area contributed by atoms with Crippen LogP contribution in [0.1, 0.15) is 61.3 Å². The first-order valence-electron chi connectivity index (χ1n) is 14.1. The second kappa shape index (κ2) is 12.8. The van der Waals surface area contributed by atoms with Gasteiger partial charge in [0.05, 0.1) is 19.1 Å². The Kier molecular flexibility index (Phi) is 9.05. The van der Waals surface area contributed by atoms with Crippen molar-refractivity contribution >= 4 is 5.97 Å². The summed E-state index contributed by atoms with van der Waals surface area (Å²) in [7, 11) is 1.44. The van der Waals surface area contributed by atoms with Crippen LogP contribution < -0.4 is 0 Å². The number of benzene rings is 3. The molecule has 6 heteroatoms. The molecule has 39 heavy (non-hydrogen) atoms. The van der Waals surface area contributed by atoms with E-state index in [1.165, 1.54) is 36.9 Å². The molecule has 2 fully saturated rings. The van der Waals surface area contributed by atoms with Crippen LogP contribution in [0.5, 0.6) is 0 Å². The predicted octanol–water partition coefficient (Wildman–Crippen LogP) is 6.88. The van der Waals surface area contributed by atoms with Crippen LogP contribution in [0.15, 0.2) is 78.9 Å². The lowest BCUT2D eigenvalue weighted by Crippen LogP contribution is -2.55. The molecule has 3 aromatic rings. The van der Waals surface area contributed by atoms with Gasteiger partial charge in [0.1, 0.15) is 17.7 Å². The van der Waals surface area contributed by atoms with E-state index in [1.54, 1.807) is 24.3 Å². The van der Waals surface area contributed by atoms with Gasteiger partial charge in [-0.15, -0.1) is 0 Å². The molecule has 0 amide bonds. The average Bonchev–Trinajstić information content (AvgIpc) is 3.24. The molecule has 2 aliphatic heterocycles. The smallest absolute Gasteiger partial charge is 0.312 e. The fourth-order valence-corrected chi connectivity index (χ4v) is 6.45. The van der Waals surface area contributed by atoms with Crippen LogP contribution in [-0.2, 0) is 20.7 Å². The van der Waals surface area contributed by atoms with E-state index in [4.69, 9.17) is 9.47 Å². The van der Waals surface area contributed by atoms with Gasteiger partial charge in [-0.1, -0.05) is 61.0 Å². The second-order valence-electron chi connectivity index (χ2n) is 10.8. The Balaban J connectivity index is 1.29. The standard InChI is InChI=1S/C33H37F2NO3/c1-38-33(37)31-29-20-19-28(36(29)21-7-3-6-10-23-8-4-2-5-9-23)22-30(31)39-32(24-11-15-26(34)16-12-24)25-13-17-27(35)18-14-25/h2,4-5,8-9,11-18,28-32H,3,6-7,10,19-22H2,1H3/t28-,29+,30+,31+/m1/s1. The van der Waals surface area contributed by atoms with Crippen molar-refractivity contribution < 1.29 is 23.0 Å². The molecular formula is C33H37F2NO3. The Morgan fingerprint density at radius 3 is 2.13 bits per heavy atom. The van der Waals surface area contributed by atoms with Crippen LogP contribution in [0.25, 0.3) is 0 Å². The molecule has 0 spiro atoms. The quantitative estimate of drug-likeness (QED) is 0.199. The molecule has 2 bridgehead atoms.